The van der Waals surface area contributed by atoms with Gasteiger partial charge in [0.05, 0.1) is 17.9 Å². The largest absolute Gasteiger partial charge is 0.396 e. The zero-order valence-electron chi connectivity index (χ0n) is 11.3. The number of rotatable bonds is 5. The van der Waals surface area contributed by atoms with Gasteiger partial charge in [-0.2, -0.15) is 0 Å². The van der Waals surface area contributed by atoms with Gasteiger partial charge in [0.15, 0.2) is 0 Å². The lowest BCUT2D eigenvalue weighted by Crippen LogP contribution is -2.23. The van der Waals surface area contributed by atoms with E-state index in [0.29, 0.717) is 12.2 Å². The molecule has 0 atom stereocenters. The fourth-order valence-electron chi connectivity index (χ4n) is 1.69. The maximum Gasteiger partial charge on any atom is 0.244 e. The number of sulfonamides is 1. The van der Waals surface area contributed by atoms with Gasteiger partial charge in [0.1, 0.15) is 10.7 Å². The third-order valence-corrected chi connectivity index (χ3v) is 4.70. The van der Waals surface area contributed by atoms with Gasteiger partial charge in [0.25, 0.3) is 0 Å². The first-order valence-corrected chi connectivity index (χ1v) is 7.40. The van der Waals surface area contributed by atoms with Gasteiger partial charge in [0.2, 0.25) is 10.0 Å². The first-order valence-electron chi connectivity index (χ1n) is 5.96. The summed E-state index contributed by atoms with van der Waals surface area (Å²) in [6.45, 7) is 0.433. The molecule has 7 nitrogen and oxygen atoms in total. The van der Waals surface area contributed by atoms with Crippen LogP contribution in [0.4, 0.5) is 11.4 Å². The first-order chi connectivity index (χ1) is 9.43. The number of imidazole rings is 1. The van der Waals surface area contributed by atoms with E-state index in [1.54, 1.807) is 24.5 Å². The molecule has 0 unspecified atom stereocenters. The predicted molar refractivity (Wildman–Crippen MR) is 77.6 cm³/mol. The molecule has 0 radical (unpaired) electrons. The van der Waals surface area contributed by atoms with E-state index in [9.17, 15) is 8.42 Å². The Kier molecular flexibility index (Phi) is 3.96. The summed E-state index contributed by atoms with van der Waals surface area (Å²) in [7, 11) is -0.617. The Morgan fingerprint density at radius 2 is 2.15 bits per heavy atom. The van der Waals surface area contributed by atoms with Crippen LogP contribution in [0.3, 0.4) is 0 Å². The lowest BCUT2D eigenvalue weighted by atomic mass is 10.2. The summed E-state index contributed by atoms with van der Waals surface area (Å²) in [5, 5.41) is 3.07. The van der Waals surface area contributed by atoms with E-state index in [0.717, 1.165) is 10.1 Å². The molecule has 20 heavy (non-hydrogen) atoms. The zero-order chi connectivity index (χ0) is 14.8. The lowest BCUT2D eigenvalue weighted by molar-refractivity contribution is 0.521. The van der Waals surface area contributed by atoms with E-state index in [4.69, 9.17) is 5.73 Å². The number of H-pyrrole nitrogens is 1. The quantitative estimate of drug-likeness (QED) is 0.710. The van der Waals surface area contributed by atoms with Gasteiger partial charge in [-0.3, -0.25) is 0 Å². The van der Waals surface area contributed by atoms with Crippen LogP contribution in [0.15, 0.2) is 35.5 Å². The molecule has 0 saturated heterocycles. The minimum atomic E-state index is -3.56. The average molecular weight is 295 g/mol. The molecule has 0 fully saturated rings. The van der Waals surface area contributed by atoms with Gasteiger partial charge in [-0.25, -0.2) is 17.7 Å². The fraction of sp³-hybridized carbons (Fsp3) is 0.250. The maximum atomic E-state index is 12.1. The molecule has 0 spiro atoms. The van der Waals surface area contributed by atoms with Crippen LogP contribution in [-0.2, 0) is 16.6 Å². The molecule has 1 aromatic carbocycles. The summed E-state index contributed by atoms with van der Waals surface area (Å²) in [4.78, 5) is 7.11. The van der Waals surface area contributed by atoms with Gasteiger partial charge >= 0.3 is 0 Å². The molecule has 4 N–H and O–H groups in total. The highest BCUT2D eigenvalue weighted by molar-refractivity contribution is 7.89. The molecule has 1 heterocycles. The molecule has 0 aliphatic heterocycles. The van der Waals surface area contributed by atoms with Gasteiger partial charge in [-0.15, -0.1) is 0 Å². The molecule has 0 amide bonds. The Bertz CT molecular complexity index is 680. The molecular weight excluding hydrogens is 278 g/mol. The van der Waals surface area contributed by atoms with E-state index >= 15 is 0 Å². The Morgan fingerprint density at radius 3 is 2.75 bits per heavy atom. The average Bonchev–Trinajstić information content (AvgIpc) is 2.90. The van der Waals surface area contributed by atoms with Crippen molar-refractivity contribution in [3.63, 3.8) is 0 Å². The number of hydrogen-bond acceptors (Lipinski definition) is 5. The smallest absolute Gasteiger partial charge is 0.244 e. The minimum absolute atomic E-state index is 0.0898. The molecule has 2 aromatic rings. The van der Waals surface area contributed by atoms with Crippen LogP contribution in [-0.4, -0.2) is 36.8 Å². The van der Waals surface area contributed by atoms with Crippen LogP contribution in [0, 0.1) is 0 Å². The number of hydrogen-bond donors (Lipinski definition) is 3. The van der Waals surface area contributed by atoms with Crippen LogP contribution in [0.25, 0.3) is 0 Å². The zero-order valence-corrected chi connectivity index (χ0v) is 12.1. The van der Waals surface area contributed by atoms with Crippen LogP contribution in [0.5, 0.6) is 0 Å². The standard InChI is InChI=1S/C12H17N5O2S/c1-17(2)20(18,19)10-5-3-4-9(12(10)13)16-8-11-14-6-7-15-11/h3-7,16H,8,13H2,1-2H3,(H,14,15). The number of nitrogens with one attached hydrogen (secondary N) is 2. The third kappa shape index (κ3) is 2.75. The highest BCUT2D eigenvalue weighted by atomic mass is 32.2. The van der Waals surface area contributed by atoms with Crippen molar-refractivity contribution in [1.29, 1.82) is 0 Å². The van der Waals surface area contributed by atoms with Crippen molar-refractivity contribution in [3.05, 3.63) is 36.4 Å². The van der Waals surface area contributed by atoms with Crippen molar-refractivity contribution in [2.45, 2.75) is 11.4 Å². The second-order valence-electron chi connectivity index (χ2n) is 4.39. The summed E-state index contributed by atoms with van der Waals surface area (Å²) >= 11 is 0. The number of aromatic amines is 1. The summed E-state index contributed by atoms with van der Waals surface area (Å²) in [6, 6.07) is 4.87. The van der Waals surface area contributed by atoms with Gasteiger partial charge in [0, 0.05) is 26.5 Å². The molecule has 2 rings (SSSR count). The van der Waals surface area contributed by atoms with Crippen molar-refractivity contribution in [2.24, 2.45) is 0 Å². The number of nitrogens with two attached hydrogens (primary N) is 1. The topological polar surface area (TPSA) is 104 Å². The first kappa shape index (κ1) is 14.4. The number of benzene rings is 1. The Morgan fingerprint density at radius 1 is 1.40 bits per heavy atom. The monoisotopic (exact) mass is 295 g/mol. The van der Waals surface area contributed by atoms with Crippen molar-refractivity contribution in [3.8, 4) is 0 Å². The third-order valence-electron chi connectivity index (χ3n) is 2.83. The summed E-state index contributed by atoms with van der Waals surface area (Å²) in [6.07, 6.45) is 3.36. The Hall–Kier alpha value is -2.06. The lowest BCUT2D eigenvalue weighted by Gasteiger charge is -2.16. The van der Waals surface area contributed by atoms with E-state index < -0.39 is 10.0 Å². The van der Waals surface area contributed by atoms with Crippen molar-refractivity contribution in [1.82, 2.24) is 14.3 Å². The summed E-state index contributed by atoms with van der Waals surface area (Å²) in [5.41, 5.74) is 6.71. The van der Waals surface area contributed by atoms with Crippen molar-refractivity contribution < 1.29 is 8.42 Å². The highest BCUT2D eigenvalue weighted by Gasteiger charge is 2.21. The fourth-order valence-corrected chi connectivity index (χ4v) is 2.73. The van der Waals surface area contributed by atoms with Crippen LogP contribution in [0.2, 0.25) is 0 Å². The normalized spacial score (nSPS) is 11.8. The Labute approximate surface area is 117 Å². The Balaban J connectivity index is 2.28. The predicted octanol–water partition coefficient (Wildman–Crippen LogP) is 0.854. The number of anilines is 2. The molecule has 1 aromatic heterocycles. The molecule has 0 bridgehead atoms. The van der Waals surface area contributed by atoms with E-state index in [-0.39, 0.29) is 10.6 Å². The van der Waals surface area contributed by atoms with Crippen LogP contribution in [0.1, 0.15) is 5.82 Å². The second kappa shape index (κ2) is 5.51. The van der Waals surface area contributed by atoms with E-state index in [2.05, 4.69) is 15.3 Å². The molecule has 8 heteroatoms. The van der Waals surface area contributed by atoms with Gasteiger partial charge in [-0.1, -0.05) is 6.07 Å². The van der Waals surface area contributed by atoms with Crippen LogP contribution >= 0.6 is 0 Å². The molecule has 0 aliphatic carbocycles. The summed E-state index contributed by atoms with van der Waals surface area (Å²) in [5.74, 6) is 0.741. The van der Waals surface area contributed by atoms with E-state index in [1.165, 1.54) is 20.2 Å². The molecule has 108 valence electrons. The van der Waals surface area contributed by atoms with Crippen LogP contribution < -0.4 is 11.1 Å². The van der Waals surface area contributed by atoms with Crippen molar-refractivity contribution in [2.75, 3.05) is 25.1 Å². The van der Waals surface area contributed by atoms with Crippen molar-refractivity contribution >= 4 is 21.4 Å². The van der Waals surface area contributed by atoms with Gasteiger partial charge < -0.3 is 16.0 Å². The number of para-hydroxylation sites is 1. The molecule has 0 saturated carbocycles. The molecular formula is C12H17N5O2S. The molecule has 0 aliphatic rings. The minimum Gasteiger partial charge on any atom is -0.396 e. The number of nitrogens with zero attached hydrogens (tertiary/aromatic N) is 2. The number of nitrogen functional groups attached to an aromatic ring is 1. The highest BCUT2D eigenvalue weighted by Crippen LogP contribution is 2.28. The SMILES string of the molecule is CN(C)S(=O)(=O)c1cccc(NCc2ncc[nH]2)c1N. The second-order valence-corrected chi connectivity index (χ2v) is 6.51. The maximum absolute atomic E-state index is 12.1. The summed E-state index contributed by atoms with van der Waals surface area (Å²) < 4.78 is 25.4. The van der Waals surface area contributed by atoms with Gasteiger partial charge in [-0.05, 0) is 12.1 Å². The number of aromatic nitrogens is 2. The van der Waals surface area contributed by atoms with E-state index in [1.807, 2.05) is 0 Å².